The fraction of sp³-hybridized carbons (Fsp3) is 0.310. The van der Waals surface area contributed by atoms with E-state index in [2.05, 4.69) is 85.3 Å². The first-order valence-electron chi connectivity index (χ1n) is 12.7. The van der Waals surface area contributed by atoms with Crippen LogP contribution in [0.4, 0.5) is 22.7 Å². The molecule has 1 aliphatic heterocycles. The fourth-order valence-electron chi connectivity index (χ4n) is 4.37. The molecular formula is C29H38N8. The van der Waals surface area contributed by atoms with Gasteiger partial charge in [-0.2, -0.15) is 0 Å². The first-order chi connectivity index (χ1) is 18.0. The van der Waals surface area contributed by atoms with E-state index in [1.165, 1.54) is 5.69 Å². The molecule has 1 N–H and O–H groups in total. The lowest BCUT2D eigenvalue weighted by Crippen LogP contribution is -2.42. The average molecular weight is 499 g/mol. The summed E-state index contributed by atoms with van der Waals surface area (Å²) in [7, 11) is 3.96. The van der Waals surface area contributed by atoms with Gasteiger partial charge in [-0.15, -0.1) is 0 Å². The minimum atomic E-state index is 0.0670. The number of allylic oxidation sites excluding steroid dienone is 3. The molecule has 0 saturated heterocycles. The molecule has 3 aromatic rings. The second-order valence-corrected chi connectivity index (χ2v) is 8.28. The lowest BCUT2D eigenvalue weighted by atomic mass is 10.1. The third-order valence-electron chi connectivity index (χ3n) is 6.10. The highest BCUT2D eigenvalue weighted by Crippen LogP contribution is 2.39. The number of hydrogen-bond donors (Lipinski definition) is 1. The van der Waals surface area contributed by atoms with Crippen molar-refractivity contribution in [3.63, 3.8) is 0 Å². The molecule has 8 nitrogen and oxygen atoms in total. The highest BCUT2D eigenvalue weighted by Gasteiger charge is 2.33. The van der Waals surface area contributed by atoms with E-state index in [1.54, 1.807) is 12.4 Å². The molecule has 1 aliphatic rings. The van der Waals surface area contributed by atoms with Crippen molar-refractivity contribution in [1.82, 2.24) is 19.5 Å². The smallest absolute Gasteiger partial charge is 0.135 e. The first-order valence-corrected chi connectivity index (χ1v) is 12.7. The summed E-state index contributed by atoms with van der Waals surface area (Å²) in [5, 5.41) is 3.13. The van der Waals surface area contributed by atoms with Crippen LogP contribution in [-0.2, 0) is 6.54 Å². The molecule has 0 radical (unpaired) electrons. The second-order valence-electron chi connectivity index (χ2n) is 8.28. The molecule has 8 heteroatoms. The summed E-state index contributed by atoms with van der Waals surface area (Å²) in [4.78, 5) is 22.1. The fourth-order valence-corrected chi connectivity index (χ4v) is 4.37. The maximum atomic E-state index is 4.56. The number of anilines is 3. The molecule has 4 rings (SSSR count). The Morgan fingerprint density at radius 1 is 1.14 bits per heavy atom. The SMILES string of the molecule is C=C(/C=C\C=C(/C)c1nccn1CC=Nc1cnccc1NC)C1N(C)c2cnccc2N1CC.CC. The molecule has 4 heterocycles. The number of nitrogens with one attached hydrogen (secondary N) is 1. The lowest BCUT2D eigenvalue weighted by Gasteiger charge is -2.30. The third-order valence-corrected chi connectivity index (χ3v) is 6.10. The average Bonchev–Trinajstić information content (AvgIpc) is 3.52. The summed E-state index contributed by atoms with van der Waals surface area (Å²) in [6.07, 6.45) is 19.1. The van der Waals surface area contributed by atoms with Gasteiger partial charge in [-0.05, 0) is 37.1 Å². The number of nitrogens with zero attached hydrogens (tertiary/aromatic N) is 7. The van der Waals surface area contributed by atoms with Crippen LogP contribution < -0.4 is 15.1 Å². The number of imidazole rings is 1. The van der Waals surface area contributed by atoms with Crippen LogP contribution in [0.3, 0.4) is 0 Å². The number of aromatic nitrogens is 4. The Labute approximate surface area is 220 Å². The van der Waals surface area contributed by atoms with Crippen LogP contribution in [0.1, 0.15) is 33.5 Å². The van der Waals surface area contributed by atoms with E-state index in [1.807, 2.05) is 64.0 Å². The molecule has 0 spiro atoms. The van der Waals surface area contributed by atoms with Gasteiger partial charge in [0.2, 0.25) is 0 Å². The summed E-state index contributed by atoms with van der Waals surface area (Å²) >= 11 is 0. The molecule has 1 unspecified atom stereocenters. The van der Waals surface area contributed by atoms with Gasteiger partial charge in [0.15, 0.2) is 0 Å². The normalized spacial score (nSPS) is 15.2. The van der Waals surface area contributed by atoms with E-state index in [0.29, 0.717) is 6.54 Å². The van der Waals surface area contributed by atoms with Gasteiger partial charge in [0.05, 0.1) is 36.0 Å². The summed E-state index contributed by atoms with van der Waals surface area (Å²) in [5.41, 5.74) is 6.13. The summed E-state index contributed by atoms with van der Waals surface area (Å²) in [5.74, 6) is 0.901. The van der Waals surface area contributed by atoms with Crippen LogP contribution in [-0.4, -0.2) is 52.5 Å². The summed E-state index contributed by atoms with van der Waals surface area (Å²) < 4.78 is 2.07. The first kappa shape index (κ1) is 27.4. The number of aliphatic imine (C=N–C) groups is 1. The molecule has 0 aromatic carbocycles. The quantitative estimate of drug-likeness (QED) is 0.290. The Morgan fingerprint density at radius 2 is 1.89 bits per heavy atom. The number of fused-ring (bicyclic) bond motifs is 1. The monoisotopic (exact) mass is 498 g/mol. The van der Waals surface area contributed by atoms with Gasteiger partial charge in [0.25, 0.3) is 0 Å². The zero-order valence-corrected chi connectivity index (χ0v) is 22.8. The molecule has 3 aromatic heterocycles. The molecular weight excluding hydrogens is 460 g/mol. The maximum Gasteiger partial charge on any atom is 0.135 e. The number of pyridine rings is 2. The second kappa shape index (κ2) is 13.2. The molecule has 37 heavy (non-hydrogen) atoms. The molecule has 0 fully saturated rings. The van der Waals surface area contributed by atoms with Crippen LogP contribution in [0.25, 0.3) is 5.57 Å². The van der Waals surface area contributed by atoms with Crippen LogP contribution in [0.5, 0.6) is 0 Å². The van der Waals surface area contributed by atoms with Gasteiger partial charge in [0, 0.05) is 51.6 Å². The highest BCUT2D eigenvalue weighted by atomic mass is 15.4. The molecule has 0 amide bonds. The predicted octanol–water partition coefficient (Wildman–Crippen LogP) is 5.96. The van der Waals surface area contributed by atoms with Gasteiger partial charge in [-0.1, -0.05) is 38.7 Å². The van der Waals surface area contributed by atoms with Crippen molar-refractivity contribution in [1.29, 1.82) is 0 Å². The van der Waals surface area contributed by atoms with Crippen molar-refractivity contribution in [2.45, 2.75) is 40.4 Å². The van der Waals surface area contributed by atoms with Gasteiger partial charge in [-0.25, -0.2) is 4.98 Å². The Balaban J connectivity index is 0.00000186. The molecule has 0 bridgehead atoms. The number of rotatable bonds is 9. The van der Waals surface area contributed by atoms with Crippen LogP contribution in [0.15, 0.2) is 84.7 Å². The van der Waals surface area contributed by atoms with Crippen molar-refractivity contribution in [2.75, 3.05) is 35.8 Å². The molecule has 0 aliphatic carbocycles. The predicted molar refractivity (Wildman–Crippen MR) is 157 cm³/mol. The van der Waals surface area contributed by atoms with E-state index in [4.69, 9.17) is 0 Å². The summed E-state index contributed by atoms with van der Waals surface area (Å²) in [6.45, 7) is 14.1. The Morgan fingerprint density at radius 3 is 2.65 bits per heavy atom. The Kier molecular flexibility index (Phi) is 9.77. The van der Waals surface area contributed by atoms with Crippen molar-refractivity contribution < 1.29 is 0 Å². The zero-order chi connectivity index (χ0) is 26.8. The Hall–Kier alpha value is -4.20. The Bertz CT molecular complexity index is 1270. The van der Waals surface area contributed by atoms with E-state index >= 15 is 0 Å². The van der Waals surface area contributed by atoms with E-state index in [0.717, 1.165) is 40.6 Å². The number of likely N-dealkylation sites (N-methyl/N-ethyl adjacent to an activating group) is 2. The minimum absolute atomic E-state index is 0.0670. The summed E-state index contributed by atoms with van der Waals surface area (Å²) in [6, 6.07) is 3.97. The van der Waals surface area contributed by atoms with Crippen LogP contribution in [0, 0.1) is 0 Å². The molecule has 1 atom stereocenters. The molecule has 194 valence electrons. The van der Waals surface area contributed by atoms with Gasteiger partial charge in [-0.3, -0.25) is 15.0 Å². The number of hydrogen-bond acceptors (Lipinski definition) is 7. The van der Waals surface area contributed by atoms with Crippen LogP contribution in [0.2, 0.25) is 0 Å². The maximum absolute atomic E-state index is 4.56. The highest BCUT2D eigenvalue weighted by molar-refractivity contribution is 5.78. The van der Waals surface area contributed by atoms with E-state index in [-0.39, 0.29) is 6.17 Å². The van der Waals surface area contributed by atoms with Crippen molar-refractivity contribution in [3.8, 4) is 0 Å². The topological polar surface area (TPSA) is 74.5 Å². The molecule has 0 saturated carbocycles. The largest absolute Gasteiger partial charge is 0.386 e. The standard InChI is InChI=1S/C27H32N8.C2H6/c1-6-35-24-11-13-30-19-25(24)33(5)27(35)21(3)9-7-8-20(2)26-32-15-17-34(26)16-14-31-23-18-29-12-10-22(23)28-4;1-2/h7-15,17-19,27H,3,6,16H2,1-2,4-5H3,(H,28,29);1-2H3/b9-7-,20-8+,31-14?;. The van der Waals surface area contributed by atoms with E-state index in [9.17, 15) is 0 Å². The van der Waals surface area contributed by atoms with Crippen molar-refractivity contribution in [2.24, 2.45) is 4.99 Å². The minimum Gasteiger partial charge on any atom is -0.386 e. The van der Waals surface area contributed by atoms with Gasteiger partial charge >= 0.3 is 0 Å². The van der Waals surface area contributed by atoms with Crippen LogP contribution >= 0.6 is 0 Å². The van der Waals surface area contributed by atoms with Crippen molar-refractivity contribution in [3.05, 3.63) is 85.5 Å². The zero-order valence-electron chi connectivity index (χ0n) is 22.8. The van der Waals surface area contributed by atoms with Crippen molar-refractivity contribution >= 4 is 34.5 Å². The van der Waals surface area contributed by atoms with E-state index < -0.39 is 0 Å². The lowest BCUT2D eigenvalue weighted by molar-refractivity contribution is 0.708. The third kappa shape index (κ3) is 6.14. The van der Waals surface area contributed by atoms with Gasteiger partial charge < -0.3 is 19.7 Å². The van der Waals surface area contributed by atoms with Gasteiger partial charge in [0.1, 0.15) is 17.7 Å².